The van der Waals surface area contributed by atoms with Gasteiger partial charge in [0.15, 0.2) is 0 Å². The Labute approximate surface area is 212 Å². The summed E-state index contributed by atoms with van der Waals surface area (Å²) in [6.45, 7) is -2.05. The highest BCUT2D eigenvalue weighted by Crippen LogP contribution is 2.64. The van der Waals surface area contributed by atoms with E-state index in [0.717, 1.165) is 0 Å². The summed E-state index contributed by atoms with van der Waals surface area (Å²) in [5.41, 5.74) is 0. The zero-order valence-electron chi connectivity index (χ0n) is 19.4. The first-order valence-electron chi connectivity index (χ1n) is 9.85. The molecule has 0 aromatic carbocycles. The average Bonchev–Trinajstić information content (AvgIpc) is 2.73. The van der Waals surface area contributed by atoms with Crippen LogP contribution in [0, 0.1) is 0 Å². The molecule has 0 bridgehead atoms. The summed E-state index contributed by atoms with van der Waals surface area (Å²) < 4.78 is 248. The number of aliphatic carboxylic acids is 1. The molecular weight excluding hydrogens is 639 g/mol. The molecule has 0 aromatic heterocycles. The molecule has 0 radical (unpaired) electrons. The van der Waals surface area contributed by atoms with Crippen LogP contribution in [0.15, 0.2) is 0 Å². The second-order valence-corrected chi connectivity index (χ2v) is 10.5. The number of alkyl halides is 17. The molecule has 40 heavy (non-hydrogen) atoms. The van der Waals surface area contributed by atoms with Crippen molar-refractivity contribution >= 4 is 16.0 Å². The van der Waals surface area contributed by atoms with E-state index in [2.05, 4.69) is 0 Å². The fourth-order valence-corrected chi connectivity index (χ4v) is 3.69. The lowest BCUT2D eigenvalue weighted by molar-refractivity contribution is -0.890. The molecule has 1 N–H and O–H groups in total. The molecular formula is C16H17F17N2O4S. The summed E-state index contributed by atoms with van der Waals surface area (Å²) in [5.74, 6) is -53.5. The summed E-state index contributed by atoms with van der Waals surface area (Å²) >= 11 is 0. The van der Waals surface area contributed by atoms with E-state index >= 15 is 0 Å². The number of rotatable bonds is 15. The van der Waals surface area contributed by atoms with Crippen molar-refractivity contribution in [1.82, 2.24) is 4.72 Å². The van der Waals surface area contributed by atoms with Crippen LogP contribution in [0.5, 0.6) is 0 Å². The van der Waals surface area contributed by atoms with Crippen molar-refractivity contribution in [1.29, 1.82) is 0 Å². The van der Waals surface area contributed by atoms with Crippen LogP contribution in [0.4, 0.5) is 74.6 Å². The first kappa shape index (κ1) is 38.1. The minimum absolute atomic E-state index is 0.253. The summed E-state index contributed by atoms with van der Waals surface area (Å²) in [5, 5.41) is 2.79. The van der Waals surface area contributed by atoms with Gasteiger partial charge in [0, 0.05) is 25.4 Å². The minimum atomic E-state index is -8.89. The Bertz CT molecular complexity index is 1020. The lowest BCUT2D eigenvalue weighted by Gasteiger charge is -2.42. The van der Waals surface area contributed by atoms with Crippen molar-refractivity contribution in [3.63, 3.8) is 0 Å². The smallest absolute Gasteiger partial charge is 0.460 e. The van der Waals surface area contributed by atoms with Gasteiger partial charge in [-0.15, -0.1) is 0 Å². The van der Waals surface area contributed by atoms with Crippen molar-refractivity contribution in [3.05, 3.63) is 0 Å². The number of sulfonamides is 1. The molecule has 0 aromatic rings. The Kier molecular flexibility index (Phi) is 10.3. The zero-order chi connectivity index (χ0) is 32.8. The van der Waals surface area contributed by atoms with Gasteiger partial charge in [-0.2, -0.15) is 74.6 Å². The van der Waals surface area contributed by atoms with Gasteiger partial charge in [0.25, 0.3) is 10.0 Å². The van der Waals surface area contributed by atoms with E-state index in [1.165, 1.54) is 14.1 Å². The summed E-state index contributed by atoms with van der Waals surface area (Å²) in [6.07, 6.45) is -9.21. The van der Waals surface area contributed by atoms with E-state index in [1.54, 1.807) is 0 Å². The molecule has 0 unspecified atom stereocenters. The van der Waals surface area contributed by atoms with Crippen LogP contribution in [0.3, 0.4) is 0 Å². The van der Waals surface area contributed by atoms with Gasteiger partial charge in [0.1, 0.15) is 0 Å². The van der Waals surface area contributed by atoms with Crippen molar-refractivity contribution in [2.75, 3.05) is 33.7 Å². The van der Waals surface area contributed by atoms with E-state index in [1.807, 2.05) is 0 Å². The van der Waals surface area contributed by atoms with Gasteiger partial charge < -0.3 is 14.4 Å². The monoisotopic (exact) mass is 656 g/mol. The van der Waals surface area contributed by atoms with Crippen LogP contribution in [-0.4, -0.2) is 99.6 Å². The third kappa shape index (κ3) is 6.16. The average molecular weight is 656 g/mol. The van der Waals surface area contributed by atoms with E-state index in [9.17, 15) is 93.0 Å². The molecule has 0 heterocycles. The lowest BCUT2D eigenvalue weighted by Crippen LogP contribution is -2.75. The van der Waals surface area contributed by atoms with E-state index < -0.39 is 82.3 Å². The highest BCUT2D eigenvalue weighted by molar-refractivity contribution is 7.90. The van der Waals surface area contributed by atoms with Gasteiger partial charge in [0.05, 0.1) is 27.2 Å². The minimum Gasteiger partial charge on any atom is -0.550 e. The third-order valence-corrected chi connectivity index (χ3v) is 6.70. The van der Waals surface area contributed by atoms with Crippen molar-refractivity contribution in [3.8, 4) is 0 Å². The van der Waals surface area contributed by atoms with E-state index in [0.29, 0.717) is 4.72 Å². The van der Waals surface area contributed by atoms with Gasteiger partial charge in [-0.25, -0.2) is 13.1 Å². The highest BCUT2D eigenvalue weighted by Gasteiger charge is 2.96. The number of hydrogen-bond acceptors (Lipinski definition) is 4. The van der Waals surface area contributed by atoms with Crippen LogP contribution >= 0.6 is 0 Å². The van der Waals surface area contributed by atoms with E-state index in [4.69, 9.17) is 0 Å². The number of carbonyl (C=O) groups excluding carboxylic acids is 1. The van der Waals surface area contributed by atoms with Crippen molar-refractivity contribution in [2.45, 2.75) is 59.8 Å². The van der Waals surface area contributed by atoms with Crippen LogP contribution < -0.4 is 9.83 Å². The van der Waals surface area contributed by atoms with Crippen LogP contribution in [0.2, 0.25) is 0 Å². The number of carboxylic acid groups (broad SMARTS) is 1. The first-order valence-corrected chi connectivity index (χ1v) is 11.3. The van der Waals surface area contributed by atoms with Gasteiger partial charge >= 0.3 is 47.0 Å². The molecule has 0 spiro atoms. The number of nitrogens with one attached hydrogen (secondary N) is 1. The Hall–Kier alpha value is -1.85. The van der Waals surface area contributed by atoms with Gasteiger partial charge in [-0.1, -0.05) is 0 Å². The van der Waals surface area contributed by atoms with Crippen molar-refractivity contribution < 1.29 is 97.4 Å². The van der Waals surface area contributed by atoms with Gasteiger partial charge in [0.2, 0.25) is 0 Å². The second-order valence-electron chi connectivity index (χ2n) is 8.72. The Morgan fingerprint density at radius 3 is 1.35 bits per heavy atom. The summed E-state index contributed by atoms with van der Waals surface area (Å²) in [7, 11) is -4.85. The predicted octanol–water partition coefficient (Wildman–Crippen LogP) is 3.48. The molecule has 0 fully saturated rings. The lowest BCUT2D eigenvalue weighted by atomic mass is 9.91. The Morgan fingerprint density at radius 2 is 1.00 bits per heavy atom. The number of halogens is 17. The summed E-state index contributed by atoms with van der Waals surface area (Å²) in [6, 6.07) is 0. The maximum Gasteiger partial charge on any atom is 0.460 e. The summed E-state index contributed by atoms with van der Waals surface area (Å²) in [4.78, 5) is 10.4. The van der Waals surface area contributed by atoms with Crippen molar-refractivity contribution in [2.24, 2.45) is 0 Å². The van der Waals surface area contributed by atoms with Crippen LogP contribution in [-0.2, 0) is 14.8 Å². The standard InChI is InChI=1S/C16H17F17N2O4S/c1-35(2,7-4-8(36)37)6-3-5-34-40(38,39)16(32,33)14(27,28)12(23,24)10(19,20)9(17,18)11(21,22)13(25,26)15(29,30)31/h34H,3-7H2,1-2H3. The van der Waals surface area contributed by atoms with Crippen LogP contribution in [0.25, 0.3) is 0 Å². The fourth-order valence-electron chi connectivity index (χ4n) is 2.63. The first-order chi connectivity index (χ1) is 17.1. The van der Waals surface area contributed by atoms with Gasteiger partial charge in [-0.3, -0.25) is 0 Å². The molecule has 0 aliphatic heterocycles. The molecule has 240 valence electrons. The molecule has 0 rings (SSSR count). The number of carboxylic acids is 1. The molecule has 0 saturated carbocycles. The molecule has 6 nitrogen and oxygen atoms in total. The molecule has 0 amide bonds. The Balaban J connectivity index is 6.28. The maximum absolute atomic E-state index is 13.9. The molecule has 0 aliphatic rings. The quantitative estimate of drug-likeness (QED) is 0.166. The number of carbonyl (C=O) groups is 1. The number of nitrogens with zero attached hydrogens (tertiary/aromatic N) is 1. The normalized spacial score (nSPS) is 15.9. The van der Waals surface area contributed by atoms with E-state index in [-0.39, 0.29) is 17.6 Å². The highest BCUT2D eigenvalue weighted by atomic mass is 32.2. The topological polar surface area (TPSA) is 86.3 Å². The predicted molar refractivity (Wildman–Crippen MR) is 93.7 cm³/mol. The Morgan fingerprint density at radius 1 is 0.650 bits per heavy atom. The molecule has 0 saturated heterocycles. The number of hydrogen-bond donors (Lipinski definition) is 1. The third-order valence-electron chi connectivity index (χ3n) is 5.18. The van der Waals surface area contributed by atoms with Gasteiger partial charge in [-0.05, 0) is 0 Å². The molecule has 24 heteroatoms. The second kappa shape index (κ2) is 10.8. The largest absolute Gasteiger partial charge is 0.550 e. The maximum atomic E-state index is 13.9. The zero-order valence-corrected chi connectivity index (χ0v) is 20.3. The number of quaternary nitrogens is 1. The fraction of sp³-hybridized carbons (Fsp3) is 0.938. The SMILES string of the molecule is C[N+](C)(CCCNS(=O)(=O)C(F)(F)C(F)(F)C(F)(F)C(F)(F)C(F)(F)C(F)(F)C(F)(F)C(F)(F)F)CCC(=O)[O-]. The molecule has 0 aliphatic carbocycles. The van der Waals surface area contributed by atoms with Crippen LogP contribution in [0.1, 0.15) is 12.8 Å². The molecule has 0 atom stereocenters.